The molecule has 0 radical (unpaired) electrons. The average Bonchev–Trinajstić information content (AvgIpc) is 2.55. The average molecular weight is 307 g/mol. The number of hydrogen-bond acceptors (Lipinski definition) is 2. The minimum Gasteiger partial charge on any atom is -0.381 e. The molecule has 1 saturated heterocycles. The van der Waals surface area contributed by atoms with Crippen LogP contribution in [0.25, 0.3) is 0 Å². The summed E-state index contributed by atoms with van der Waals surface area (Å²) in [5.41, 5.74) is 6.95. The van der Waals surface area contributed by atoms with E-state index in [1.165, 1.54) is 12.1 Å². The Kier molecular flexibility index (Phi) is 6.19. The molecule has 1 aromatic rings. The van der Waals surface area contributed by atoms with Gasteiger partial charge >= 0.3 is 0 Å². The fourth-order valence-electron chi connectivity index (χ4n) is 2.79. The summed E-state index contributed by atoms with van der Waals surface area (Å²) in [6.45, 7) is 5.00. The van der Waals surface area contributed by atoms with Gasteiger partial charge in [-0.3, -0.25) is 4.99 Å². The molecule has 0 unspecified atom stereocenters. The van der Waals surface area contributed by atoms with E-state index >= 15 is 0 Å². The van der Waals surface area contributed by atoms with Gasteiger partial charge in [0, 0.05) is 25.2 Å². The van der Waals surface area contributed by atoms with Crippen LogP contribution in [0.5, 0.6) is 0 Å². The number of ether oxygens (including phenoxy) is 1. The highest BCUT2D eigenvalue weighted by atomic mass is 19.1. The van der Waals surface area contributed by atoms with Crippen molar-refractivity contribution in [2.24, 2.45) is 10.7 Å². The van der Waals surface area contributed by atoms with Crippen molar-refractivity contribution in [1.82, 2.24) is 5.32 Å². The second-order valence-electron chi connectivity index (χ2n) is 5.88. The Morgan fingerprint density at radius 3 is 2.64 bits per heavy atom. The molecular formula is C17H26FN3O. The summed E-state index contributed by atoms with van der Waals surface area (Å²) in [5.74, 6) is 0.275. The lowest BCUT2D eigenvalue weighted by molar-refractivity contribution is 0.0531. The SMILES string of the molecule is CCCCNC(N)=NCC1(c2ccc(F)cc2)CCOCC1. The van der Waals surface area contributed by atoms with E-state index in [4.69, 9.17) is 10.5 Å². The zero-order valence-electron chi connectivity index (χ0n) is 13.3. The molecular weight excluding hydrogens is 281 g/mol. The second kappa shape index (κ2) is 8.13. The lowest BCUT2D eigenvalue weighted by Gasteiger charge is -2.36. The van der Waals surface area contributed by atoms with Crippen molar-refractivity contribution in [3.05, 3.63) is 35.6 Å². The van der Waals surface area contributed by atoms with Gasteiger partial charge in [0.15, 0.2) is 5.96 Å². The second-order valence-corrected chi connectivity index (χ2v) is 5.88. The van der Waals surface area contributed by atoms with Crippen LogP contribution >= 0.6 is 0 Å². The smallest absolute Gasteiger partial charge is 0.188 e. The summed E-state index contributed by atoms with van der Waals surface area (Å²) in [6.07, 6.45) is 3.96. The zero-order chi connectivity index (χ0) is 15.8. The third-order valence-electron chi connectivity index (χ3n) is 4.30. The van der Waals surface area contributed by atoms with Gasteiger partial charge in [-0.2, -0.15) is 0 Å². The fraction of sp³-hybridized carbons (Fsp3) is 0.588. The van der Waals surface area contributed by atoms with Crippen molar-refractivity contribution in [2.45, 2.75) is 38.0 Å². The van der Waals surface area contributed by atoms with Crippen molar-refractivity contribution in [3.8, 4) is 0 Å². The summed E-state index contributed by atoms with van der Waals surface area (Å²) >= 11 is 0. The molecule has 1 fully saturated rings. The van der Waals surface area contributed by atoms with Crippen molar-refractivity contribution < 1.29 is 9.13 Å². The van der Waals surface area contributed by atoms with Crippen molar-refractivity contribution in [1.29, 1.82) is 0 Å². The number of rotatable bonds is 6. The number of nitrogens with one attached hydrogen (secondary N) is 1. The predicted octanol–water partition coefficient (Wildman–Crippen LogP) is 2.58. The first-order valence-corrected chi connectivity index (χ1v) is 8.04. The van der Waals surface area contributed by atoms with E-state index < -0.39 is 0 Å². The molecule has 3 N–H and O–H groups in total. The molecule has 2 rings (SSSR count). The molecule has 1 aromatic carbocycles. The van der Waals surface area contributed by atoms with Gasteiger partial charge in [-0.05, 0) is 37.0 Å². The van der Waals surface area contributed by atoms with Crippen molar-refractivity contribution >= 4 is 5.96 Å². The monoisotopic (exact) mass is 307 g/mol. The molecule has 4 nitrogen and oxygen atoms in total. The first-order valence-electron chi connectivity index (χ1n) is 8.04. The maximum atomic E-state index is 13.2. The minimum absolute atomic E-state index is 0.108. The van der Waals surface area contributed by atoms with E-state index in [-0.39, 0.29) is 11.2 Å². The molecule has 0 saturated carbocycles. The van der Waals surface area contributed by atoms with E-state index in [9.17, 15) is 4.39 Å². The van der Waals surface area contributed by atoms with Crippen LogP contribution in [-0.2, 0) is 10.2 Å². The van der Waals surface area contributed by atoms with Gasteiger partial charge in [0.25, 0.3) is 0 Å². The highest BCUT2D eigenvalue weighted by Gasteiger charge is 2.34. The van der Waals surface area contributed by atoms with Gasteiger partial charge in [0.2, 0.25) is 0 Å². The van der Waals surface area contributed by atoms with Gasteiger partial charge in [0.05, 0.1) is 6.54 Å². The Morgan fingerprint density at radius 2 is 2.00 bits per heavy atom. The normalized spacial score (nSPS) is 18.2. The maximum absolute atomic E-state index is 13.2. The number of halogens is 1. The van der Waals surface area contributed by atoms with E-state index in [1.54, 1.807) is 0 Å². The van der Waals surface area contributed by atoms with Crippen molar-refractivity contribution in [2.75, 3.05) is 26.3 Å². The number of aliphatic imine (C=N–C) groups is 1. The van der Waals surface area contributed by atoms with Crippen LogP contribution in [-0.4, -0.2) is 32.3 Å². The number of unbranched alkanes of at least 4 members (excludes halogenated alkanes) is 1. The Hall–Kier alpha value is -1.62. The molecule has 0 spiro atoms. The molecule has 0 aliphatic carbocycles. The van der Waals surface area contributed by atoms with Crippen LogP contribution < -0.4 is 11.1 Å². The van der Waals surface area contributed by atoms with Crippen LogP contribution in [0.15, 0.2) is 29.3 Å². The van der Waals surface area contributed by atoms with Crippen LogP contribution in [0, 0.1) is 5.82 Å². The van der Waals surface area contributed by atoms with Gasteiger partial charge < -0.3 is 15.8 Å². The lowest BCUT2D eigenvalue weighted by Crippen LogP contribution is -2.39. The van der Waals surface area contributed by atoms with Crippen LogP contribution in [0.3, 0.4) is 0 Å². The quantitative estimate of drug-likeness (QED) is 0.482. The molecule has 1 aliphatic heterocycles. The molecule has 122 valence electrons. The highest BCUT2D eigenvalue weighted by molar-refractivity contribution is 5.77. The number of guanidine groups is 1. The lowest BCUT2D eigenvalue weighted by atomic mass is 9.74. The predicted molar refractivity (Wildman–Crippen MR) is 87.5 cm³/mol. The molecule has 5 heteroatoms. The van der Waals surface area contributed by atoms with Crippen LogP contribution in [0.2, 0.25) is 0 Å². The highest BCUT2D eigenvalue weighted by Crippen LogP contribution is 2.35. The molecule has 1 heterocycles. The summed E-state index contributed by atoms with van der Waals surface area (Å²) in [6, 6.07) is 6.74. The Bertz CT molecular complexity index is 481. The summed E-state index contributed by atoms with van der Waals surface area (Å²) < 4.78 is 18.7. The number of nitrogens with zero attached hydrogens (tertiary/aromatic N) is 1. The van der Waals surface area contributed by atoms with E-state index in [0.29, 0.717) is 25.7 Å². The first kappa shape index (κ1) is 16.7. The van der Waals surface area contributed by atoms with Gasteiger partial charge in [0.1, 0.15) is 5.82 Å². The fourth-order valence-corrected chi connectivity index (χ4v) is 2.79. The molecule has 0 aromatic heterocycles. The number of nitrogens with two attached hydrogens (primary N) is 1. The maximum Gasteiger partial charge on any atom is 0.188 e. The van der Waals surface area contributed by atoms with Gasteiger partial charge in [-0.25, -0.2) is 4.39 Å². The number of benzene rings is 1. The van der Waals surface area contributed by atoms with Gasteiger partial charge in [-0.15, -0.1) is 0 Å². The Balaban J connectivity index is 2.09. The van der Waals surface area contributed by atoms with Crippen LogP contribution in [0.1, 0.15) is 38.2 Å². The molecule has 1 aliphatic rings. The Labute approximate surface area is 132 Å². The summed E-state index contributed by atoms with van der Waals surface area (Å²) in [7, 11) is 0. The third-order valence-corrected chi connectivity index (χ3v) is 4.30. The molecule has 0 bridgehead atoms. The molecule has 0 atom stereocenters. The molecule has 22 heavy (non-hydrogen) atoms. The first-order chi connectivity index (χ1) is 10.7. The zero-order valence-corrected chi connectivity index (χ0v) is 13.3. The summed E-state index contributed by atoms with van der Waals surface area (Å²) in [5, 5.41) is 3.14. The largest absolute Gasteiger partial charge is 0.381 e. The topological polar surface area (TPSA) is 59.6 Å². The van der Waals surface area contributed by atoms with Crippen molar-refractivity contribution in [3.63, 3.8) is 0 Å². The third kappa shape index (κ3) is 4.44. The van der Waals surface area contributed by atoms with E-state index in [0.717, 1.165) is 37.8 Å². The van der Waals surface area contributed by atoms with Gasteiger partial charge in [-0.1, -0.05) is 25.5 Å². The Morgan fingerprint density at radius 1 is 1.32 bits per heavy atom. The van der Waals surface area contributed by atoms with Crippen LogP contribution in [0.4, 0.5) is 4.39 Å². The van der Waals surface area contributed by atoms with E-state index in [1.807, 2.05) is 12.1 Å². The minimum atomic E-state index is -0.213. The number of hydrogen-bond donors (Lipinski definition) is 2. The standard InChI is InChI=1S/C17H26FN3O/c1-2-3-10-20-16(19)21-13-17(8-11-22-12-9-17)14-4-6-15(18)7-5-14/h4-7H,2-3,8-13H2,1H3,(H3,19,20,21). The molecule has 0 amide bonds. The summed E-state index contributed by atoms with van der Waals surface area (Å²) in [4.78, 5) is 4.52. The van der Waals surface area contributed by atoms with E-state index in [2.05, 4.69) is 17.2 Å².